The van der Waals surface area contributed by atoms with Crippen LogP contribution >= 0.6 is 0 Å². The lowest BCUT2D eigenvalue weighted by Gasteiger charge is -2.51. The van der Waals surface area contributed by atoms with E-state index in [1.165, 1.54) is 12.1 Å². The molecule has 1 aromatic heterocycles. The van der Waals surface area contributed by atoms with E-state index in [1.807, 2.05) is 0 Å². The minimum Gasteiger partial charge on any atom is -0.365 e. The van der Waals surface area contributed by atoms with E-state index in [4.69, 9.17) is 5.73 Å². The third kappa shape index (κ3) is 2.68. The summed E-state index contributed by atoms with van der Waals surface area (Å²) >= 11 is 0. The van der Waals surface area contributed by atoms with Crippen molar-refractivity contribution in [2.24, 2.45) is 11.7 Å². The second-order valence-electron chi connectivity index (χ2n) is 8.06. The summed E-state index contributed by atoms with van der Waals surface area (Å²) < 4.78 is 27.9. The highest BCUT2D eigenvalue weighted by molar-refractivity contribution is 5.97. The van der Waals surface area contributed by atoms with Gasteiger partial charge in [0.2, 0.25) is 0 Å². The summed E-state index contributed by atoms with van der Waals surface area (Å²) in [4.78, 5) is 21.1. The van der Waals surface area contributed by atoms with Crippen LogP contribution in [-0.2, 0) is 0 Å². The van der Waals surface area contributed by atoms with E-state index in [1.54, 1.807) is 18.3 Å². The Balaban J connectivity index is 1.61. The van der Waals surface area contributed by atoms with E-state index in [0.717, 1.165) is 32.0 Å². The summed E-state index contributed by atoms with van der Waals surface area (Å²) in [5.41, 5.74) is 6.65. The van der Waals surface area contributed by atoms with E-state index in [9.17, 15) is 13.6 Å². The molecule has 5 nitrogen and oxygen atoms in total. The summed E-state index contributed by atoms with van der Waals surface area (Å²) in [7, 11) is 0. The average Bonchev–Trinajstić information content (AvgIpc) is 3.11. The van der Waals surface area contributed by atoms with Crippen LogP contribution in [0.2, 0.25) is 0 Å². The number of halogens is 2. The highest BCUT2D eigenvalue weighted by Crippen LogP contribution is 2.48. The van der Waals surface area contributed by atoms with Crippen molar-refractivity contribution >= 4 is 11.7 Å². The average molecular weight is 384 g/mol. The Labute approximate surface area is 162 Å². The van der Waals surface area contributed by atoms with Gasteiger partial charge in [-0.2, -0.15) is 0 Å². The second-order valence-corrected chi connectivity index (χ2v) is 8.06. The lowest BCUT2D eigenvalue weighted by Crippen LogP contribution is -2.60. The first-order valence-corrected chi connectivity index (χ1v) is 9.74. The maximum atomic E-state index is 13.9. The molecule has 1 aromatic carbocycles. The van der Waals surface area contributed by atoms with Crippen molar-refractivity contribution in [3.63, 3.8) is 0 Å². The summed E-state index contributed by atoms with van der Waals surface area (Å²) in [5, 5.41) is 0. The van der Waals surface area contributed by atoms with Crippen LogP contribution in [0.15, 0.2) is 36.5 Å². The van der Waals surface area contributed by atoms with Crippen LogP contribution < -0.4 is 10.6 Å². The fourth-order valence-corrected chi connectivity index (χ4v) is 5.56. The summed E-state index contributed by atoms with van der Waals surface area (Å²) in [6, 6.07) is 7.48. The monoisotopic (exact) mass is 384 g/mol. The SMILES string of the molecule is NC(=O)c1cccnc1N1C[C@H](c2cc(F)cc(F)c2)[C@H]2[C@@H]1C1CCN2CC1. The predicted molar refractivity (Wildman–Crippen MR) is 101 cm³/mol. The molecule has 4 saturated heterocycles. The van der Waals surface area contributed by atoms with Crippen molar-refractivity contribution in [3.05, 3.63) is 59.3 Å². The molecule has 3 atom stereocenters. The molecule has 2 bridgehead atoms. The molecule has 7 heteroatoms. The van der Waals surface area contributed by atoms with Gasteiger partial charge in [0.25, 0.3) is 5.91 Å². The number of piperidine rings is 3. The predicted octanol–water partition coefficient (Wildman–Crippen LogP) is 2.53. The highest BCUT2D eigenvalue weighted by Gasteiger charge is 2.54. The number of anilines is 1. The van der Waals surface area contributed by atoms with E-state index < -0.39 is 17.5 Å². The van der Waals surface area contributed by atoms with Crippen molar-refractivity contribution in [1.82, 2.24) is 9.88 Å². The molecule has 0 aliphatic carbocycles. The van der Waals surface area contributed by atoms with Gasteiger partial charge in [0.05, 0.1) is 5.56 Å². The highest BCUT2D eigenvalue weighted by atomic mass is 19.1. The summed E-state index contributed by atoms with van der Waals surface area (Å²) in [6.07, 6.45) is 3.83. The van der Waals surface area contributed by atoms with Gasteiger partial charge in [-0.1, -0.05) is 0 Å². The molecule has 4 aliphatic rings. The zero-order valence-electron chi connectivity index (χ0n) is 15.4. The fraction of sp³-hybridized carbons (Fsp3) is 0.429. The van der Waals surface area contributed by atoms with Gasteiger partial charge in [0.1, 0.15) is 17.5 Å². The Kier molecular flexibility index (Phi) is 4.08. The maximum absolute atomic E-state index is 13.9. The van der Waals surface area contributed by atoms with Gasteiger partial charge in [0, 0.05) is 36.8 Å². The van der Waals surface area contributed by atoms with Crippen LogP contribution in [0.5, 0.6) is 0 Å². The zero-order chi connectivity index (χ0) is 19.4. The first-order valence-electron chi connectivity index (χ1n) is 9.74. The lowest BCUT2D eigenvalue weighted by atomic mass is 9.75. The smallest absolute Gasteiger partial charge is 0.252 e. The number of benzene rings is 1. The van der Waals surface area contributed by atoms with Gasteiger partial charge in [-0.25, -0.2) is 13.8 Å². The van der Waals surface area contributed by atoms with Crippen molar-refractivity contribution < 1.29 is 13.6 Å². The van der Waals surface area contributed by atoms with E-state index in [0.29, 0.717) is 29.4 Å². The number of amides is 1. The van der Waals surface area contributed by atoms with Crippen LogP contribution in [0.25, 0.3) is 0 Å². The molecule has 6 rings (SSSR count). The Bertz CT molecular complexity index is 908. The molecule has 146 valence electrons. The third-order valence-electron chi connectivity index (χ3n) is 6.63. The molecular formula is C21H22F2N4O. The second kappa shape index (κ2) is 6.51. The lowest BCUT2D eigenvalue weighted by molar-refractivity contribution is 0.0353. The number of nitrogens with zero attached hydrogens (tertiary/aromatic N) is 3. The number of carbonyl (C=O) groups is 1. The number of aromatic nitrogens is 1. The summed E-state index contributed by atoms with van der Waals surface area (Å²) in [6.45, 7) is 2.56. The van der Waals surface area contributed by atoms with Crippen LogP contribution in [-0.4, -0.2) is 47.5 Å². The molecule has 0 radical (unpaired) electrons. The number of primary amides is 1. The number of hydrogen-bond acceptors (Lipinski definition) is 4. The Morgan fingerprint density at radius 1 is 1.11 bits per heavy atom. The van der Waals surface area contributed by atoms with Crippen LogP contribution in [0, 0.1) is 17.6 Å². The minimum absolute atomic E-state index is 0.0546. The molecule has 0 unspecified atom stereocenters. The van der Waals surface area contributed by atoms with E-state index in [2.05, 4.69) is 14.8 Å². The van der Waals surface area contributed by atoms with Gasteiger partial charge in [0.15, 0.2) is 0 Å². The first-order chi connectivity index (χ1) is 13.5. The topological polar surface area (TPSA) is 62.5 Å². The van der Waals surface area contributed by atoms with E-state index in [-0.39, 0.29) is 18.0 Å². The normalized spacial score (nSPS) is 31.1. The van der Waals surface area contributed by atoms with Gasteiger partial charge < -0.3 is 10.6 Å². The molecule has 2 aromatic rings. The number of nitrogens with two attached hydrogens (primary N) is 1. The molecule has 5 heterocycles. The van der Waals surface area contributed by atoms with Crippen molar-refractivity contribution in [3.8, 4) is 0 Å². The summed E-state index contributed by atoms with van der Waals surface area (Å²) in [5.74, 6) is -0.630. The molecule has 0 spiro atoms. The fourth-order valence-electron chi connectivity index (χ4n) is 5.56. The largest absolute Gasteiger partial charge is 0.365 e. The van der Waals surface area contributed by atoms with Gasteiger partial charge in [-0.05, 0) is 61.7 Å². The number of pyridine rings is 1. The third-order valence-corrected chi connectivity index (χ3v) is 6.63. The molecule has 4 aliphatic heterocycles. The quantitative estimate of drug-likeness (QED) is 0.883. The van der Waals surface area contributed by atoms with Gasteiger partial charge in [-0.15, -0.1) is 0 Å². The van der Waals surface area contributed by atoms with Crippen LogP contribution in [0.3, 0.4) is 0 Å². The number of rotatable bonds is 3. The van der Waals surface area contributed by atoms with E-state index >= 15 is 0 Å². The Hall–Kier alpha value is -2.54. The van der Waals surface area contributed by atoms with Gasteiger partial charge in [-0.3, -0.25) is 9.69 Å². The zero-order valence-corrected chi connectivity index (χ0v) is 15.4. The Morgan fingerprint density at radius 2 is 1.82 bits per heavy atom. The maximum Gasteiger partial charge on any atom is 0.252 e. The molecule has 1 amide bonds. The number of carbonyl (C=O) groups excluding carboxylic acids is 1. The number of fused-ring (bicyclic) bond motifs is 2. The van der Waals surface area contributed by atoms with Crippen LogP contribution in [0.1, 0.15) is 34.7 Å². The molecule has 2 N–H and O–H groups in total. The molecule has 28 heavy (non-hydrogen) atoms. The van der Waals surface area contributed by atoms with Crippen LogP contribution in [0.4, 0.5) is 14.6 Å². The minimum atomic E-state index is -0.559. The first kappa shape index (κ1) is 17.6. The molecular weight excluding hydrogens is 362 g/mol. The molecule has 4 fully saturated rings. The molecule has 0 saturated carbocycles. The van der Waals surface area contributed by atoms with Crippen molar-refractivity contribution in [2.45, 2.75) is 30.8 Å². The number of hydrogen-bond donors (Lipinski definition) is 1. The van der Waals surface area contributed by atoms with Crippen molar-refractivity contribution in [2.75, 3.05) is 24.5 Å². The standard InChI is InChI=1S/C21H22F2N4O/c22-14-8-13(9-15(23)10-14)17-11-27(21-16(20(24)28)2-1-5-25-21)18-12-3-6-26(7-4-12)19(17)18/h1-2,5,8-10,12,17-19H,3-4,6-7,11H2,(H2,24,28)/t17-,18+,19+/m1/s1. The Morgan fingerprint density at radius 3 is 2.50 bits per heavy atom. The van der Waals surface area contributed by atoms with Crippen molar-refractivity contribution in [1.29, 1.82) is 0 Å². The van der Waals surface area contributed by atoms with Gasteiger partial charge >= 0.3 is 0 Å².